The van der Waals surface area contributed by atoms with Crippen LogP contribution in [0.3, 0.4) is 0 Å². The molecule has 1 aliphatic heterocycles. The van der Waals surface area contributed by atoms with Crippen molar-refractivity contribution in [2.75, 3.05) is 13.7 Å². The van der Waals surface area contributed by atoms with E-state index in [1.54, 1.807) is 48.5 Å². The number of esters is 4. The van der Waals surface area contributed by atoms with Gasteiger partial charge in [-0.05, 0) is 11.1 Å². The highest BCUT2D eigenvalue weighted by Crippen LogP contribution is 2.38. The zero-order valence-electron chi connectivity index (χ0n) is 25.1. The fourth-order valence-electron chi connectivity index (χ4n) is 4.92. The Hall–Kier alpha value is -4.33. The molecular formula is C31H37NO12. The van der Waals surface area contributed by atoms with Crippen LogP contribution >= 0.6 is 0 Å². The van der Waals surface area contributed by atoms with E-state index >= 15 is 0 Å². The summed E-state index contributed by atoms with van der Waals surface area (Å²) in [5.74, 6) is -6.21. The SMILES string of the molecule is CO[C@@]1(C(=O)OC(c2ccccc2)c2ccccc2)C[C@H](OC(C)=O)[C@@H](NC(C)=O)[C@H]([C@H](O)[C@@H](COC(C)=O)OC(C)=O)O1. The molecule has 0 bridgehead atoms. The van der Waals surface area contributed by atoms with Crippen LogP contribution in [0.1, 0.15) is 51.3 Å². The lowest BCUT2D eigenvalue weighted by atomic mass is 9.88. The van der Waals surface area contributed by atoms with E-state index in [1.165, 1.54) is 6.92 Å². The van der Waals surface area contributed by atoms with Crippen molar-refractivity contribution in [3.63, 3.8) is 0 Å². The Bertz CT molecular complexity index is 1260. The minimum absolute atomic E-state index is 0.450. The molecule has 1 aliphatic rings. The number of benzene rings is 2. The number of aliphatic hydroxyl groups excluding tert-OH is 1. The van der Waals surface area contributed by atoms with Gasteiger partial charge in [0, 0.05) is 34.8 Å². The fraction of sp³-hybridized carbons (Fsp3) is 0.452. The first-order valence-corrected chi connectivity index (χ1v) is 13.8. The summed E-state index contributed by atoms with van der Waals surface area (Å²) in [4.78, 5) is 61.9. The normalized spacial score (nSPS) is 22.7. The van der Waals surface area contributed by atoms with Gasteiger partial charge in [0.1, 0.15) is 24.9 Å². The number of aliphatic hydroxyl groups is 1. The lowest BCUT2D eigenvalue weighted by Gasteiger charge is -2.47. The molecule has 0 spiro atoms. The molecule has 238 valence electrons. The van der Waals surface area contributed by atoms with Gasteiger partial charge in [-0.15, -0.1) is 0 Å². The van der Waals surface area contributed by atoms with Crippen LogP contribution in [0.25, 0.3) is 0 Å². The van der Waals surface area contributed by atoms with Crippen LogP contribution in [0, 0.1) is 0 Å². The molecule has 0 saturated carbocycles. The van der Waals surface area contributed by atoms with Crippen LogP contribution in [0.4, 0.5) is 0 Å². The summed E-state index contributed by atoms with van der Waals surface area (Å²) in [6.45, 7) is 3.92. The molecule has 0 aliphatic carbocycles. The Labute approximate surface area is 254 Å². The second kappa shape index (κ2) is 15.4. The summed E-state index contributed by atoms with van der Waals surface area (Å²) in [6.07, 6.45) is -7.63. The third-order valence-electron chi connectivity index (χ3n) is 6.79. The number of hydrogen-bond acceptors (Lipinski definition) is 12. The lowest BCUT2D eigenvalue weighted by molar-refractivity contribution is -0.308. The Morgan fingerprint density at radius 3 is 1.91 bits per heavy atom. The monoisotopic (exact) mass is 615 g/mol. The minimum Gasteiger partial charge on any atom is -0.462 e. The highest BCUT2D eigenvalue weighted by Gasteiger charge is 2.58. The predicted octanol–water partition coefficient (Wildman–Crippen LogP) is 1.74. The molecule has 44 heavy (non-hydrogen) atoms. The zero-order chi connectivity index (χ0) is 32.4. The van der Waals surface area contributed by atoms with Gasteiger partial charge < -0.3 is 38.8 Å². The number of methoxy groups -OCH3 is 1. The number of carbonyl (C=O) groups is 5. The number of rotatable bonds is 12. The van der Waals surface area contributed by atoms with Gasteiger partial charge in [-0.2, -0.15) is 0 Å². The van der Waals surface area contributed by atoms with Crippen LogP contribution in [0.2, 0.25) is 0 Å². The van der Waals surface area contributed by atoms with Crippen molar-refractivity contribution in [3.05, 3.63) is 71.8 Å². The van der Waals surface area contributed by atoms with Gasteiger partial charge in [-0.3, -0.25) is 19.2 Å². The molecule has 1 fully saturated rings. The van der Waals surface area contributed by atoms with Crippen LogP contribution in [-0.2, 0) is 52.4 Å². The quantitative estimate of drug-likeness (QED) is 0.262. The highest BCUT2D eigenvalue weighted by atomic mass is 16.7. The maximum Gasteiger partial charge on any atom is 0.367 e. The van der Waals surface area contributed by atoms with E-state index in [0.29, 0.717) is 11.1 Å². The van der Waals surface area contributed by atoms with Crippen molar-refractivity contribution in [3.8, 4) is 0 Å². The Balaban J connectivity index is 2.08. The van der Waals surface area contributed by atoms with Gasteiger partial charge in [-0.1, -0.05) is 60.7 Å². The average Bonchev–Trinajstić information content (AvgIpc) is 2.98. The first-order chi connectivity index (χ1) is 20.9. The van der Waals surface area contributed by atoms with Crippen molar-refractivity contribution < 1.29 is 57.5 Å². The number of nitrogens with one attached hydrogen (secondary N) is 1. The van der Waals surface area contributed by atoms with Crippen molar-refractivity contribution in [1.29, 1.82) is 0 Å². The van der Waals surface area contributed by atoms with Crippen molar-refractivity contribution in [1.82, 2.24) is 5.32 Å². The summed E-state index contributed by atoms with van der Waals surface area (Å²) in [6, 6.07) is 16.5. The fourth-order valence-corrected chi connectivity index (χ4v) is 4.92. The molecule has 1 amide bonds. The third-order valence-corrected chi connectivity index (χ3v) is 6.79. The standard InChI is InChI=1S/C31H37NO12/c1-18(33)32-26-24(41-20(3)35)16-31(39-5,44-29(26)27(37)25(42-21(4)36)17-40-19(2)34)30(38)43-28(22-12-8-6-9-13-22)23-14-10-7-11-15-23/h6-15,24-29,37H,16-17H2,1-5H3,(H,32,33)/t24-,25+,26+,27+,29+,31-/m0/s1. The van der Waals surface area contributed by atoms with Gasteiger partial charge >= 0.3 is 23.9 Å². The zero-order valence-corrected chi connectivity index (χ0v) is 25.1. The summed E-state index contributed by atoms with van der Waals surface area (Å²) in [7, 11) is 1.16. The maximum atomic E-state index is 14.1. The van der Waals surface area contributed by atoms with E-state index in [0.717, 1.165) is 27.9 Å². The molecule has 1 heterocycles. The van der Waals surface area contributed by atoms with Gasteiger partial charge in [0.15, 0.2) is 12.2 Å². The molecule has 3 rings (SSSR count). The van der Waals surface area contributed by atoms with E-state index in [4.69, 9.17) is 28.4 Å². The smallest absolute Gasteiger partial charge is 0.367 e. The number of hydrogen-bond donors (Lipinski definition) is 2. The molecule has 13 nitrogen and oxygen atoms in total. The van der Waals surface area contributed by atoms with Crippen molar-refractivity contribution >= 4 is 29.8 Å². The first kappa shape index (κ1) is 34.2. The molecule has 13 heteroatoms. The van der Waals surface area contributed by atoms with Gasteiger partial charge in [0.05, 0.1) is 12.5 Å². The Morgan fingerprint density at radius 2 is 1.45 bits per heavy atom. The highest BCUT2D eigenvalue weighted by molar-refractivity contribution is 5.79. The van der Waals surface area contributed by atoms with Crippen LogP contribution in [0.15, 0.2) is 60.7 Å². The largest absolute Gasteiger partial charge is 0.462 e. The molecule has 2 aromatic rings. The molecule has 0 aromatic heterocycles. The number of carbonyl (C=O) groups excluding carboxylic acids is 5. The molecule has 6 atom stereocenters. The van der Waals surface area contributed by atoms with Crippen LogP contribution in [-0.4, -0.2) is 84.9 Å². The molecule has 2 N–H and O–H groups in total. The van der Waals surface area contributed by atoms with Gasteiger partial charge in [0.25, 0.3) is 5.79 Å². The molecular weight excluding hydrogens is 578 g/mol. The summed E-state index contributed by atoms with van der Waals surface area (Å²) in [5.41, 5.74) is 1.27. The van der Waals surface area contributed by atoms with Crippen molar-refractivity contribution in [2.24, 2.45) is 0 Å². The average molecular weight is 616 g/mol. The number of ether oxygens (including phenoxy) is 6. The Kier molecular flexibility index (Phi) is 12.0. The second-order valence-electron chi connectivity index (χ2n) is 10.2. The number of amides is 1. The molecule has 0 radical (unpaired) electrons. The Morgan fingerprint density at radius 1 is 0.886 bits per heavy atom. The predicted molar refractivity (Wildman–Crippen MR) is 151 cm³/mol. The summed E-state index contributed by atoms with van der Waals surface area (Å²) >= 11 is 0. The van der Waals surface area contributed by atoms with E-state index < -0.39 is 85.2 Å². The molecule has 1 saturated heterocycles. The van der Waals surface area contributed by atoms with E-state index in [2.05, 4.69) is 5.32 Å². The van der Waals surface area contributed by atoms with E-state index in [1.807, 2.05) is 12.1 Å². The second-order valence-corrected chi connectivity index (χ2v) is 10.2. The van der Waals surface area contributed by atoms with Crippen LogP contribution in [0.5, 0.6) is 0 Å². The van der Waals surface area contributed by atoms with Gasteiger partial charge in [0.2, 0.25) is 5.91 Å². The summed E-state index contributed by atoms with van der Waals surface area (Å²) in [5, 5.41) is 14.1. The van der Waals surface area contributed by atoms with E-state index in [9.17, 15) is 29.1 Å². The van der Waals surface area contributed by atoms with E-state index in [-0.39, 0.29) is 0 Å². The lowest BCUT2D eigenvalue weighted by Crippen LogP contribution is -2.68. The first-order valence-electron chi connectivity index (χ1n) is 13.8. The minimum atomic E-state index is -2.29. The van der Waals surface area contributed by atoms with Gasteiger partial charge in [-0.25, -0.2) is 4.79 Å². The topological polar surface area (TPSA) is 173 Å². The van der Waals surface area contributed by atoms with Crippen LogP contribution < -0.4 is 5.32 Å². The molecule has 0 unspecified atom stereocenters. The van der Waals surface area contributed by atoms with Crippen molar-refractivity contribution in [2.45, 2.75) is 76.5 Å². The third kappa shape index (κ3) is 8.85. The maximum absolute atomic E-state index is 14.1. The summed E-state index contributed by atoms with van der Waals surface area (Å²) < 4.78 is 33.4. The molecule has 2 aromatic carbocycles.